The van der Waals surface area contributed by atoms with Crippen molar-refractivity contribution in [2.24, 2.45) is 57.5 Å². The molecule has 0 saturated heterocycles. The SMILES string of the molecule is O=[N+]([O-])c1ccc(N/N=C2\[C@@H]3[C@H]4/C(=N/Nc5ccc([N+](=O)[O-])cc5[N+](=O)[O-])[C@@H]5[C@H]6C[C@@H]([C@H]25)[C@H]3[C@@H]64)c([N+](=O)[O-])c1. The maximum atomic E-state index is 11.5. The van der Waals surface area contributed by atoms with E-state index in [4.69, 9.17) is 0 Å². The van der Waals surface area contributed by atoms with Crippen LogP contribution in [0.2, 0.25) is 0 Å². The Labute approximate surface area is 217 Å². The number of hydrogen-bond acceptors (Lipinski definition) is 12. The Hall–Kier alpha value is -5.02. The molecule has 7 rings (SSSR count). The summed E-state index contributed by atoms with van der Waals surface area (Å²) in [5.41, 5.74) is 5.94. The zero-order chi connectivity index (χ0) is 27.3. The summed E-state index contributed by atoms with van der Waals surface area (Å²) in [6, 6.07) is 6.72. The molecule has 5 aliphatic rings. The van der Waals surface area contributed by atoms with Crippen LogP contribution in [0, 0.1) is 87.8 Å². The van der Waals surface area contributed by atoms with Gasteiger partial charge in [-0.3, -0.25) is 51.3 Å². The van der Waals surface area contributed by atoms with Gasteiger partial charge in [0.1, 0.15) is 11.4 Å². The standard InChI is InChI=1S/C23H18N8O8/c32-28(33)8-1-3-12(14(5-8)30(36)37)24-26-22-18-10-7-11-17-16(10)20(22)21(17)23(19(11)18)27-25-13-4-2-9(29(34)35)6-15(13)31(38)39/h1-6,10-11,16-21,24-25H,7H2/b26-22-,27-23+/t10-,11+,16+,17-,18+,19-,20+,21+/m1/s1. The minimum atomic E-state index is -0.696. The van der Waals surface area contributed by atoms with E-state index >= 15 is 0 Å². The van der Waals surface area contributed by atoms with Crippen LogP contribution in [0.1, 0.15) is 6.42 Å². The van der Waals surface area contributed by atoms with E-state index in [9.17, 15) is 40.5 Å². The molecule has 2 bridgehead atoms. The maximum absolute atomic E-state index is 11.5. The number of nitrogens with one attached hydrogen (secondary N) is 2. The monoisotopic (exact) mass is 534 g/mol. The molecule has 0 aliphatic heterocycles. The third kappa shape index (κ3) is 2.98. The highest BCUT2D eigenvalue weighted by Crippen LogP contribution is 2.81. The van der Waals surface area contributed by atoms with E-state index in [0.717, 1.165) is 30.0 Å². The van der Waals surface area contributed by atoms with Crippen LogP contribution in [0.3, 0.4) is 0 Å². The maximum Gasteiger partial charge on any atom is 0.301 e. The fourth-order valence-corrected chi connectivity index (χ4v) is 8.17. The molecule has 16 heteroatoms. The van der Waals surface area contributed by atoms with Gasteiger partial charge in [-0.1, -0.05) is 0 Å². The van der Waals surface area contributed by atoms with Gasteiger partial charge in [0.05, 0.1) is 31.8 Å². The molecule has 5 saturated carbocycles. The van der Waals surface area contributed by atoms with E-state index in [1.165, 1.54) is 24.3 Å². The first-order chi connectivity index (χ1) is 18.7. The van der Waals surface area contributed by atoms with E-state index in [1.54, 1.807) is 0 Å². The summed E-state index contributed by atoms with van der Waals surface area (Å²) in [5.74, 6) is 2.16. The van der Waals surface area contributed by atoms with Crippen molar-refractivity contribution in [3.05, 3.63) is 76.9 Å². The fraction of sp³-hybridized carbons (Fsp3) is 0.391. The highest BCUT2D eigenvalue weighted by molar-refractivity contribution is 6.11. The number of anilines is 2. The van der Waals surface area contributed by atoms with Crippen molar-refractivity contribution in [1.29, 1.82) is 0 Å². The van der Waals surface area contributed by atoms with E-state index in [0.29, 0.717) is 23.7 Å². The van der Waals surface area contributed by atoms with Gasteiger partial charge in [0.2, 0.25) is 0 Å². The van der Waals surface area contributed by atoms with Crippen molar-refractivity contribution in [3.63, 3.8) is 0 Å². The van der Waals surface area contributed by atoms with Gasteiger partial charge in [0.15, 0.2) is 0 Å². The molecule has 0 aromatic heterocycles. The van der Waals surface area contributed by atoms with Crippen LogP contribution >= 0.6 is 0 Å². The van der Waals surface area contributed by atoms with Crippen molar-refractivity contribution in [3.8, 4) is 0 Å². The van der Waals surface area contributed by atoms with Gasteiger partial charge >= 0.3 is 11.4 Å². The van der Waals surface area contributed by atoms with E-state index in [2.05, 4.69) is 21.1 Å². The Morgan fingerprint density at radius 2 is 1.03 bits per heavy atom. The summed E-state index contributed by atoms with van der Waals surface area (Å²) in [4.78, 5) is 42.3. The molecule has 8 atom stereocenters. The lowest BCUT2D eigenvalue weighted by Gasteiger charge is -2.44. The van der Waals surface area contributed by atoms with E-state index in [-0.39, 0.29) is 46.4 Å². The number of benzene rings is 2. The topological polar surface area (TPSA) is 221 Å². The number of nitro groups is 4. The van der Waals surface area contributed by atoms with Crippen molar-refractivity contribution in [2.45, 2.75) is 6.42 Å². The first-order valence-corrected chi connectivity index (χ1v) is 12.2. The number of non-ortho nitro benzene ring substituents is 2. The Bertz CT molecular complexity index is 1470. The van der Waals surface area contributed by atoms with Gasteiger partial charge < -0.3 is 0 Å². The quantitative estimate of drug-likeness (QED) is 0.366. The fourth-order valence-electron chi connectivity index (χ4n) is 8.17. The minimum Gasteiger partial charge on any atom is -0.272 e. The highest BCUT2D eigenvalue weighted by atomic mass is 16.6. The van der Waals surface area contributed by atoms with Crippen molar-refractivity contribution < 1.29 is 19.7 Å². The predicted molar refractivity (Wildman–Crippen MR) is 134 cm³/mol. The van der Waals surface area contributed by atoms with Gasteiger partial charge in [0, 0.05) is 47.2 Å². The van der Waals surface area contributed by atoms with Crippen LogP contribution in [0.5, 0.6) is 0 Å². The average molecular weight is 534 g/mol. The third-order valence-electron chi connectivity index (χ3n) is 9.26. The summed E-state index contributed by atoms with van der Waals surface area (Å²) < 4.78 is 0. The van der Waals surface area contributed by atoms with E-state index in [1.807, 2.05) is 0 Å². The average Bonchev–Trinajstić information content (AvgIpc) is 3.44. The van der Waals surface area contributed by atoms with Gasteiger partial charge in [-0.2, -0.15) is 10.2 Å². The number of fused-ring (bicyclic) bond motifs is 2. The number of rotatable bonds is 8. The molecule has 0 amide bonds. The molecule has 2 aromatic carbocycles. The lowest BCUT2D eigenvalue weighted by atomic mass is 9.59. The Kier molecular flexibility index (Phi) is 4.59. The smallest absolute Gasteiger partial charge is 0.272 e. The number of nitro benzene ring substituents is 4. The Morgan fingerprint density at radius 3 is 1.38 bits per heavy atom. The van der Waals surface area contributed by atoms with E-state index < -0.39 is 31.1 Å². The first-order valence-electron chi connectivity index (χ1n) is 12.2. The molecule has 2 aromatic rings. The predicted octanol–water partition coefficient (Wildman–Crippen LogP) is 3.94. The molecule has 0 radical (unpaired) electrons. The van der Waals surface area contributed by atoms with Crippen LogP contribution in [0.4, 0.5) is 34.1 Å². The summed E-state index contributed by atoms with van der Waals surface area (Å²) in [6.07, 6.45) is 1.03. The molecule has 0 spiro atoms. The summed E-state index contributed by atoms with van der Waals surface area (Å²) in [5, 5.41) is 54.3. The summed E-state index contributed by atoms with van der Waals surface area (Å²) in [7, 11) is 0. The third-order valence-corrected chi connectivity index (χ3v) is 9.26. The van der Waals surface area contributed by atoms with Gasteiger partial charge in [0.25, 0.3) is 11.4 Å². The van der Waals surface area contributed by atoms with Crippen molar-refractivity contribution >= 4 is 45.5 Å². The minimum absolute atomic E-state index is 0.0671. The largest absolute Gasteiger partial charge is 0.301 e. The Balaban J connectivity index is 1.18. The second-order valence-corrected chi connectivity index (χ2v) is 10.5. The normalized spacial score (nSPS) is 33.9. The van der Waals surface area contributed by atoms with Crippen molar-refractivity contribution in [2.75, 3.05) is 10.9 Å². The lowest BCUT2D eigenvalue weighted by molar-refractivity contribution is -0.393. The van der Waals surface area contributed by atoms with Crippen LogP contribution in [0.25, 0.3) is 0 Å². The second kappa shape index (κ2) is 7.75. The molecular formula is C23H18N8O8. The molecule has 0 heterocycles. The van der Waals surface area contributed by atoms with Gasteiger partial charge in [-0.15, -0.1) is 0 Å². The van der Waals surface area contributed by atoms with Crippen LogP contribution in [-0.2, 0) is 0 Å². The molecule has 0 unspecified atom stereocenters. The Morgan fingerprint density at radius 1 is 0.615 bits per heavy atom. The molecule has 39 heavy (non-hydrogen) atoms. The number of hydrogen-bond donors (Lipinski definition) is 2. The highest BCUT2D eigenvalue weighted by Gasteiger charge is 2.82. The van der Waals surface area contributed by atoms with Crippen molar-refractivity contribution in [1.82, 2.24) is 0 Å². The lowest BCUT2D eigenvalue weighted by Crippen LogP contribution is -2.48. The van der Waals surface area contributed by atoms with Crippen LogP contribution in [0.15, 0.2) is 46.6 Å². The zero-order valence-corrected chi connectivity index (χ0v) is 19.7. The molecule has 5 fully saturated rings. The van der Waals surface area contributed by atoms with Gasteiger partial charge in [-0.25, -0.2) is 0 Å². The van der Waals surface area contributed by atoms with Crippen LogP contribution < -0.4 is 10.9 Å². The van der Waals surface area contributed by atoms with Crippen LogP contribution in [-0.4, -0.2) is 31.1 Å². The molecule has 2 N–H and O–H groups in total. The first kappa shape index (κ1) is 23.1. The summed E-state index contributed by atoms with van der Waals surface area (Å²) in [6.45, 7) is 0. The second-order valence-electron chi connectivity index (χ2n) is 10.5. The molecular weight excluding hydrogens is 516 g/mol. The van der Waals surface area contributed by atoms with Gasteiger partial charge in [-0.05, 0) is 42.2 Å². The molecule has 198 valence electrons. The summed E-state index contributed by atoms with van der Waals surface area (Å²) >= 11 is 0. The molecule has 5 aliphatic carbocycles. The number of hydrazone groups is 2. The molecule has 16 nitrogen and oxygen atoms in total. The number of nitrogens with zero attached hydrogens (tertiary/aromatic N) is 6. The zero-order valence-electron chi connectivity index (χ0n) is 19.7.